The molecule has 0 bridgehead atoms. The molecular weight excluding hydrogens is 430 g/mol. The Labute approximate surface area is 197 Å². The van der Waals surface area contributed by atoms with Crippen molar-refractivity contribution in [3.8, 4) is 0 Å². The molecule has 33 heavy (non-hydrogen) atoms. The van der Waals surface area contributed by atoms with Crippen LogP contribution in [0.25, 0.3) is 10.9 Å². The molecule has 0 atom stereocenters. The van der Waals surface area contributed by atoms with E-state index in [9.17, 15) is 9.59 Å². The van der Waals surface area contributed by atoms with Crippen molar-refractivity contribution in [1.29, 1.82) is 0 Å². The zero-order chi connectivity index (χ0) is 23.4. The van der Waals surface area contributed by atoms with Crippen LogP contribution in [-0.2, 0) is 19.5 Å². The van der Waals surface area contributed by atoms with Crippen molar-refractivity contribution in [2.45, 2.75) is 38.5 Å². The monoisotopic (exact) mass is 457 g/mol. The fraction of sp³-hybridized carbons (Fsp3) is 0.222. The maximum Gasteiger partial charge on any atom is 0.262 e. The van der Waals surface area contributed by atoms with E-state index in [4.69, 9.17) is 0 Å². The number of fused-ring (bicyclic) bond motifs is 1. The van der Waals surface area contributed by atoms with Crippen molar-refractivity contribution < 1.29 is 4.79 Å². The zero-order valence-corrected chi connectivity index (χ0v) is 19.8. The molecule has 0 amide bonds. The number of carbonyl (C=O) groups is 1. The van der Waals surface area contributed by atoms with E-state index >= 15 is 0 Å². The molecule has 4 rings (SSSR count). The molecule has 2 aromatic heterocycles. The molecule has 5 nitrogen and oxygen atoms in total. The summed E-state index contributed by atoms with van der Waals surface area (Å²) in [6.07, 6.45) is 2.58. The van der Waals surface area contributed by atoms with Crippen LogP contribution in [0.15, 0.2) is 83.3 Å². The fourth-order valence-electron chi connectivity index (χ4n) is 4.07. The molecule has 2 heterocycles. The van der Waals surface area contributed by atoms with Gasteiger partial charge in [-0.3, -0.25) is 14.2 Å². The van der Waals surface area contributed by atoms with E-state index in [0.29, 0.717) is 22.6 Å². The highest BCUT2D eigenvalue weighted by Crippen LogP contribution is 2.22. The number of hydrogen-bond acceptors (Lipinski definition) is 4. The first kappa shape index (κ1) is 22.8. The first-order valence-corrected chi connectivity index (χ1v) is 11.9. The highest BCUT2D eigenvalue weighted by Gasteiger charge is 2.18. The van der Waals surface area contributed by atoms with Gasteiger partial charge in [-0.05, 0) is 44.0 Å². The van der Waals surface area contributed by atoms with Gasteiger partial charge in [-0.25, -0.2) is 4.98 Å². The van der Waals surface area contributed by atoms with Gasteiger partial charge in [0.05, 0.1) is 16.7 Å². The van der Waals surface area contributed by atoms with E-state index in [-0.39, 0.29) is 17.1 Å². The molecule has 0 unspecified atom stereocenters. The Balaban J connectivity index is 1.53. The number of Topliss-reactive ketones (excluding diaryl/α,β-unsaturated/α-hetero) is 1. The van der Waals surface area contributed by atoms with Crippen LogP contribution in [0.1, 0.15) is 27.3 Å². The number of aromatic nitrogens is 3. The molecule has 4 aromatic rings. The second-order valence-electron chi connectivity index (χ2n) is 8.00. The van der Waals surface area contributed by atoms with Gasteiger partial charge < -0.3 is 4.57 Å². The lowest BCUT2D eigenvalue weighted by Crippen LogP contribution is -2.23. The molecule has 2 aromatic carbocycles. The highest BCUT2D eigenvalue weighted by atomic mass is 32.2. The number of hydrogen-bond donors (Lipinski definition) is 0. The molecule has 0 aliphatic rings. The van der Waals surface area contributed by atoms with Crippen molar-refractivity contribution in [3.63, 3.8) is 0 Å². The SMILES string of the molecule is C=CCn1c(SCC(=O)c2cc(C)n(CCc3ccccc3)c2C)nc2ccccc2c1=O. The Morgan fingerprint density at radius 2 is 1.79 bits per heavy atom. The van der Waals surface area contributed by atoms with Crippen LogP contribution in [0.3, 0.4) is 0 Å². The maximum atomic E-state index is 13.1. The predicted molar refractivity (Wildman–Crippen MR) is 135 cm³/mol. The fourth-order valence-corrected chi connectivity index (χ4v) is 4.96. The van der Waals surface area contributed by atoms with Crippen LogP contribution in [0.5, 0.6) is 0 Å². The van der Waals surface area contributed by atoms with Gasteiger partial charge in [0.2, 0.25) is 0 Å². The Hall–Kier alpha value is -3.38. The third-order valence-electron chi connectivity index (χ3n) is 5.81. The third kappa shape index (κ3) is 4.86. The van der Waals surface area contributed by atoms with Gasteiger partial charge in [-0.2, -0.15) is 0 Å². The first-order chi connectivity index (χ1) is 16.0. The molecular formula is C27H27N3O2S. The van der Waals surface area contributed by atoms with Crippen molar-refractivity contribution in [3.05, 3.63) is 106 Å². The summed E-state index contributed by atoms with van der Waals surface area (Å²) >= 11 is 1.30. The lowest BCUT2D eigenvalue weighted by molar-refractivity contribution is 0.102. The van der Waals surface area contributed by atoms with Gasteiger partial charge in [0.15, 0.2) is 10.9 Å². The van der Waals surface area contributed by atoms with E-state index in [0.717, 1.165) is 29.9 Å². The summed E-state index contributed by atoms with van der Waals surface area (Å²) in [5.74, 6) is 0.247. The molecule has 0 saturated heterocycles. The molecule has 6 heteroatoms. The van der Waals surface area contributed by atoms with Gasteiger partial charge >= 0.3 is 0 Å². The largest absolute Gasteiger partial charge is 0.348 e. The number of allylic oxidation sites excluding steroid dienone is 1. The number of aryl methyl sites for hydroxylation is 2. The summed E-state index contributed by atoms with van der Waals surface area (Å²) < 4.78 is 3.78. The first-order valence-electron chi connectivity index (χ1n) is 11.0. The lowest BCUT2D eigenvalue weighted by atomic mass is 10.1. The minimum Gasteiger partial charge on any atom is -0.348 e. The number of ketones is 1. The number of rotatable bonds is 9. The minimum atomic E-state index is -0.116. The smallest absolute Gasteiger partial charge is 0.262 e. The van der Waals surface area contributed by atoms with Crippen LogP contribution in [0, 0.1) is 13.8 Å². The molecule has 168 valence electrons. The number of benzene rings is 2. The standard InChI is InChI=1S/C27H27N3O2S/c1-4-15-30-26(32)22-12-8-9-13-24(22)28-27(30)33-18-25(31)23-17-19(2)29(20(23)3)16-14-21-10-6-5-7-11-21/h4-13,17H,1,14-16,18H2,2-3H3. The molecule has 0 spiro atoms. The predicted octanol–water partition coefficient (Wildman–Crippen LogP) is 5.22. The van der Waals surface area contributed by atoms with Crippen molar-refractivity contribution >= 4 is 28.4 Å². The Bertz CT molecular complexity index is 1370. The van der Waals surface area contributed by atoms with Crippen LogP contribution >= 0.6 is 11.8 Å². The van der Waals surface area contributed by atoms with Crippen LogP contribution < -0.4 is 5.56 Å². The van der Waals surface area contributed by atoms with Gasteiger partial charge in [0.25, 0.3) is 5.56 Å². The summed E-state index contributed by atoms with van der Waals surface area (Å²) in [5.41, 5.74) is 4.57. The summed E-state index contributed by atoms with van der Waals surface area (Å²) in [4.78, 5) is 30.7. The average molecular weight is 458 g/mol. The Morgan fingerprint density at radius 3 is 2.55 bits per heavy atom. The normalized spacial score (nSPS) is 11.1. The van der Waals surface area contributed by atoms with Crippen molar-refractivity contribution in [2.24, 2.45) is 0 Å². The summed E-state index contributed by atoms with van der Waals surface area (Å²) in [6.45, 7) is 8.97. The van der Waals surface area contributed by atoms with E-state index in [1.807, 2.05) is 56.3 Å². The zero-order valence-electron chi connectivity index (χ0n) is 19.0. The van der Waals surface area contributed by atoms with Crippen molar-refractivity contribution in [2.75, 3.05) is 5.75 Å². The molecule has 0 N–H and O–H groups in total. The third-order valence-corrected chi connectivity index (χ3v) is 6.79. The van der Waals surface area contributed by atoms with Crippen LogP contribution in [-0.4, -0.2) is 25.7 Å². The molecule has 0 aliphatic carbocycles. The maximum absolute atomic E-state index is 13.1. The second-order valence-corrected chi connectivity index (χ2v) is 8.94. The Morgan fingerprint density at radius 1 is 1.06 bits per heavy atom. The molecule has 0 saturated carbocycles. The molecule has 0 radical (unpaired) electrons. The summed E-state index contributed by atoms with van der Waals surface area (Å²) in [6, 6.07) is 19.6. The van der Waals surface area contributed by atoms with Gasteiger partial charge in [-0.1, -0.05) is 60.3 Å². The minimum absolute atomic E-state index is 0.0339. The lowest BCUT2D eigenvalue weighted by Gasteiger charge is -2.11. The molecule has 0 aliphatic heterocycles. The average Bonchev–Trinajstić information content (AvgIpc) is 3.12. The number of carbonyl (C=O) groups excluding carboxylic acids is 1. The highest BCUT2D eigenvalue weighted by molar-refractivity contribution is 7.99. The van der Waals surface area contributed by atoms with E-state index in [1.165, 1.54) is 17.3 Å². The number of thioether (sulfide) groups is 1. The van der Waals surface area contributed by atoms with E-state index in [1.54, 1.807) is 16.7 Å². The quantitative estimate of drug-likeness (QED) is 0.150. The topological polar surface area (TPSA) is 56.9 Å². The number of para-hydroxylation sites is 1. The second kappa shape index (κ2) is 10.0. The van der Waals surface area contributed by atoms with E-state index in [2.05, 4.69) is 28.3 Å². The van der Waals surface area contributed by atoms with Gasteiger partial charge in [-0.15, -0.1) is 6.58 Å². The summed E-state index contributed by atoms with van der Waals surface area (Å²) in [5, 5.41) is 1.10. The molecule has 0 fully saturated rings. The van der Waals surface area contributed by atoms with E-state index < -0.39 is 0 Å². The van der Waals surface area contributed by atoms with Crippen molar-refractivity contribution in [1.82, 2.24) is 14.1 Å². The van der Waals surface area contributed by atoms with Gasteiger partial charge in [0.1, 0.15) is 0 Å². The summed E-state index contributed by atoms with van der Waals surface area (Å²) in [7, 11) is 0. The van der Waals surface area contributed by atoms with Crippen LogP contribution in [0.4, 0.5) is 0 Å². The number of nitrogens with zero attached hydrogens (tertiary/aromatic N) is 3. The Kier molecular flexibility index (Phi) is 6.94. The van der Waals surface area contributed by atoms with Crippen LogP contribution in [0.2, 0.25) is 0 Å². The van der Waals surface area contributed by atoms with Gasteiger partial charge in [0, 0.05) is 30.0 Å².